The Morgan fingerprint density at radius 2 is 0.741 bits per heavy atom. The number of rotatable bonds is 10. The first-order chi connectivity index (χ1) is 28.0. The smallest absolute Gasteiger partial charge is 0.0942 e. The molecule has 0 fully saturated rings. The molecule has 0 aliphatic heterocycles. The fraction of sp³-hybridized carbons (Fsp3) is 0.192. The van der Waals surface area contributed by atoms with Crippen LogP contribution in [0.15, 0.2) is 155 Å². The summed E-state index contributed by atoms with van der Waals surface area (Å²) in [5.41, 5.74) is 9.28. The van der Waals surface area contributed by atoms with Crippen LogP contribution in [0.1, 0.15) is 81.7 Å². The van der Waals surface area contributed by atoms with E-state index in [4.69, 9.17) is 0 Å². The van der Waals surface area contributed by atoms with E-state index in [-0.39, 0.29) is 12.1 Å². The average Bonchev–Trinajstić information content (AvgIpc) is 3.24. The number of benzene rings is 6. The van der Waals surface area contributed by atoms with E-state index >= 15 is 0 Å². The van der Waals surface area contributed by atoms with Crippen molar-refractivity contribution in [3.05, 3.63) is 210 Å². The largest absolute Gasteiger partial charge is 0.387 e. The van der Waals surface area contributed by atoms with Crippen molar-refractivity contribution in [2.75, 3.05) is 14.1 Å². The second-order valence-electron chi connectivity index (χ2n) is 14.6. The maximum atomic E-state index is 10.9. The SMILES string of the molecule is C[C@@H]([C@H](O)c1ccccc1)N(C)Cc1ccc(C#Cc2cc(C#Cc3ccc(CN(C)[C@@H](C)[C@H](O)c4ccccc4)cc3)cc(C#Cc3cc(Br)cc(Br)c3)c2)cc1. The Balaban J connectivity index is 1.18. The minimum absolute atomic E-state index is 0.0546. The molecule has 6 aromatic rings. The number of aliphatic hydroxyl groups excluding tert-OH is 2. The van der Waals surface area contributed by atoms with Gasteiger partial charge in [0, 0.05) is 67.5 Å². The van der Waals surface area contributed by atoms with Gasteiger partial charge in [0.25, 0.3) is 0 Å². The van der Waals surface area contributed by atoms with Gasteiger partial charge >= 0.3 is 0 Å². The van der Waals surface area contributed by atoms with Crippen LogP contribution >= 0.6 is 31.9 Å². The van der Waals surface area contributed by atoms with E-state index in [0.29, 0.717) is 13.1 Å². The van der Waals surface area contributed by atoms with Crippen LogP contribution in [0.5, 0.6) is 0 Å². The van der Waals surface area contributed by atoms with Crippen LogP contribution in [0.3, 0.4) is 0 Å². The highest BCUT2D eigenvalue weighted by Crippen LogP contribution is 2.23. The minimum Gasteiger partial charge on any atom is -0.387 e. The van der Waals surface area contributed by atoms with Crippen LogP contribution in [0.4, 0.5) is 0 Å². The van der Waals surface area contributed by atoms with E-state index < -0.39 is 12.2 Å². The lowest BCUT2D eigenvalue weighted by atomic mass is 10.0. The van der Waals surface area contributed by atoms with Crippen molar-refractivity contribution < 1.29 is 10.2 Å². The molecule has 58 heavy (non-hydrogen) atoms. The number of aliphatic hydroxyl groups is 2. The molecule has 0 heterocycles. The number of likely N-dealkylation sites (N-methyl/N-ethyl adjacent to an activating group) is 2. The van der Waals surface area contributed by atoms with Crippen LogP contribution in [0, 0.1) is 35.5 Å². The minimum atomic E-state index is -0.572. The van der Waals surface area contributed by atoms with Crippen molar-refractivity contribution in [1.82, 2.24) is 9.80 Å². The Bertz CT molecular complexity index is 2330. The number of halogens is 2. The Hall–Kier alpha value is -5.20. The fourth-order valence-corrected chi connectivity index (χ4v) is 7.79. The lowest BCUT2D eigenvalue weighted by Gasteiger charge is -2.29. The summed E-state index contributed by atoms with van der Waals surface area (Å²) in [6, 6.07) is 48.0. The predicted octanol–water partition coefficient (Wildman–Crippen LogP) is 10.5. The van der Waals surface area contributed by atoms with Gasteiger partial charge in [0.1, 0.15) is 0 Å². The second-order valence-corrected chi connectivity index (χ2v) is 16.5. The zero-order valence-electron chi connectivity index (χ0n) is 33.1. The van der Waals surface area contributed by atoms with Gasteiger partial charge in [-0.05, 0) is 111 Å². The molecule has 4 atom stereocenters. The molecular weight excluding hydrogens is 844 g/mol. The van der Waals surface area contributed by atoms with Gasteiger partial charge in [0.2, 0.25) is 0 Å². The molecule has 0 aromatic heterocycles. The van der Waals surface area contributed by atoms with Crippen LogP contribution in [-0.2, 0) is 13.1 Å². The third kappa shape index (κ3) is 12.2. The standard InChI is InChI=1S/C52H46Br2N2O2/c1-37(51(57)47-11-7-5-8-12-47)55(3)35-41-21-15-39(16-22-41)19-25-43-29-44(31-45(30-43)27-28-46-32-49(53)34-50(54)33-46)26-20-40-17-23-42(24-18-40)36-56(4)38(2)52(58)48-13-9-6-10-14-48/h5-18,21-24,29-34,37-38,51-52,57-58H,35-36H2,1-4H3/t37-,38-,51-,52-/m0/s1. The van der Waals surface area contributed by atoms with Gasteiger partial charge < -0.3 is 10.2 Å². The summed E-state index contributed by atoms with van der Waals surface area (Å²) < 4.78 is 1.90. The summed E-state index contributed by atoms with van der Waals surface area (Å²) >= 11 is 7.12. The Morgan fingerprint density at radius 1 is 0.431 bits per heavy atom. The molecule has 6 heteroatoms. The van der Waals surface area contributed by atoms with Crippen LogP contribution in [0.25, 0.3) is 0 Å². The summed E-state index contributed by atoms with van der Waals surface area (Å²) in [4.78, 5) is 4.32. The van der Waals surface area contributed by atoms with Gasteiger partial charge in [0.05, 0.1) is 12.2 Å². The van der Waals surface area contributed by atoms with Crippen molar-refractivity contribution in [3.63, 3.8) is 0 Å². The quantitative estimate of drug-likeness (QED) is 0.135. The first-order valence-corrected chi connectivity index (χ1v) is 20.8. The monoisotopic (exact) mass is 888 g/mol. The van der Waals surface area contributed by atoms with Gasteiger partial charge in [-0.3, -0.25) is 9.80 Å². The van der Waals surface area contributed by atoms with E-state index in [1.54, 1.807) is 0 Å². The number of nitrogens with zero attached hydrogens (tertiary/aromatic N) is 2. The normalized spacial score (nSPS) is 12.9. The number of hydrogen-bond acceptors (Lipinski definition) is 4. The average molecular weight is 891 g/mol. The molecule has 0 spiro atoms. The van der Waals surface area contributed by atoms with Crippen molar-refractivity contribution in [3.8, 4) is 35.5 Å². The van der Waals surface area contributed by atoms with E-state index in [9.17, 15) is 10.2 Å². The molecule has 290 valence electrons. The maximum absolute atomic E-state index is 10.9. The summed E-state index contributed by atoms with van der Waals surface area (Å²) in [7, 11) is 4.07. The highest BCUT2D eigenvalue weighted by molar-refractivity contribution is 9.11. The lowest BCUT2D eigenvalue weighted by Crippen LogP contribution is -2.33. The summed E-state index contributed by atoms with van der Waals surface area (Å²) in [6.45, 7) is 5.50. The van der Waals surface area contributed by atoms with Crippen LogP contribution in [-0.4, -0.2) is 46.2 Å². The molecule has 0 aliphatic rings. The third-order valence-electron chi connectivity index (χ3n) is 10.2. The van der Waals surface area contributed by atoms with Crippen molar-refractivity contribution >= 4 is 31.9 Å². The van der Waals surface area contributed by atoms with Crippen molar-refractivity contribution in [1.29, 1.82) is 0 Å². The molecule has 0 amide bonds. The molecule has 6 rings (SSSR count). The molecule has 4 nitrogen and oxygen atoms in total. The Morgan fingerprint density at radius 3 is 1.09 bits per heavy atom. The van der Waals surface area contributed by atoms with E-state index in [1.807, 2.05) is 149 Å². The molecule has 6 aromatic carbocycles. The zero-order chi connectivity index (χ0) is 41.0. The summed E-state index contributed by atoms with van der Waals surface area (Å²) in [5, 5.41) is 21.8. The third-order valence-corrected chi connectivity index (χ3v) is 11.1. The van der Waals surface area contributed by atoms with Crippen LogP contribution in [0.2, 0.25) is 0 Å². The van der Waals surface area contributed by atoms with Gasteiger partial charge in [-0.1, -0.05) is 152 Å². The molecule has 0 saturated heterocycles. The Labute approximate surface area is 360 Å². The molecular formula is C52H46Br2N2O2. The van der Waals surface area contributed by atoms with Gasteiger partial charge in [-0.25, -0.2) is 0 Å². The van der Waals surface area contributed by atoms with Crippen molar-refractivity contribution in [2.45, 2.75) is 51.2 Å². The molecule has 2 N–H and O–H groups in total. The van der Waals surface area contributed by atoms with E-state index in [0.717, 1.165) is 64.6 Å². The summed E-state index contributed by atoms with van der Waals surface area (Å²) in [6.07, 6.45) is -1.14. The first-order valence-electron chi connectivity index (χ1n) is 19.2. The molecule has 0 aliphatic carbocycles. The Kier molecular flexibility index (Phi) is 15.0. The lowest BCUT2D eigenvalue weighted by molar-refractivity contribution is 0.0687. The van der Waals surface area contributed by atoms with E-state index in [2.05, 4.69) is 101 Å². The summed E-state index contributed by atoms with van der Waals surface area (Å²) in [5.74, 6) is 20.0. The van der Waals surface area contributed by atoms with E-state index in [1.165, 1.54) is 0 Å². The molecule has 0 bridgehead atoms. The van der Waals surface area contributed by atoms with Crippen molar-refractivity contribution in [2.24, 2.45) is 0 Å². The predicted molar refractivity (Wildman–Crippen MR) is 244 cm³/mol. The maximum Gasteiger partial charge on any atom is 0.0942 e. The molecule has 0 saturated carbocycles. The van der Waals surface area contributed by atoms with Gasteiger partial charge in [0.15, 0.2) is 0 Å². The van der Waals surface area contributed by atoms with Gasteiger partial charge in [-0.2, -0.15) is 0 Å². The highest BCUT2D eigenvalue weighted by atomic mass is 79.9. The molecule has 0 unspecified atom stereocenters. The number of hydrogen-bond donors (Lipinski definition) is 2. The highest BCUT2D eigenvalue weighted by Gasteiger charge is 2.21. The topological polar surface area (TPSA) is 46.9 Å². The zero-order valence-corrected chi connectivity index (χ0v) is 36.3. The van der Waals surface area contributed by atoms with Crippen LogP contribution < -0.4 is 0 Å². The fourth-order valence-electron chi connectivity index (χ4n) is 6.49. The second kappa shape index (κ2) is 20.5. The molecule has 0 radical (unpaired) electrons. The van der Waals surface area contributed by atoms with Gasteiger partial charge in [-0.15, -0.1) is 0 Å². The first kappa shape index (κ1) is 42.4.